The van der Waals surface area contributed by atoms with E-state index in [4.69, 9.17) is 11.6 Å². The van der Waals surface area contributed by atoms with Crippen molar-refractivity contribution in [1.82, 2.24) is 0 Å². The zero-order valence-electron chi connectivity index (χ0n) is 14.2. The summed E-state index contributed by atoms with van der Waals surface area (Å²) in [4.78, 5) is 10.9. The molecule has 0 radical (unpaired) electrons. The number of carbonyl (C=O) groups excluding carboxylic acids is 1. The first-order chi connectivity index (χ1) is 10.6. The lowest BCUT2D eigenvalue weighted by Crippen LogP contribution is -1.99. The Morgan fingerprint density at radius 1 is 0.955 bits per heavy atom. The van der Waals surface area contributed by atoms with Crippen LogP contribution in [0.2, 0.25) is 5.02 Å². The first-order valence-corrected chi connectivity index (χ1v) is 9.26. The molecule has 0 N–H and O–H groups in total. The van der Waals surface area contributed by atoms with Crippen molar-refractivity contribution < 1.29 is 4.79 Å². The molecule has 1 unspecified atom stereocenters. The van der Waals surface area contributed by atoms with Crippen LogP contribution in [0.15, 0.2) is 24.3 Å². The lowest BCUT2D eigenvalue weighted by molar-refractivity contribution is -0.117. The number of rotatable bonds is 12. The highest BCUT2D eigenvalue weighted by Gasteiger charge is 2.10. The summed E-state index contributed by atoms with van der Waals surface area (Å²) in [6.45, 7) is 3.95. The molecule has 0 spiro atoms. The second-order valence-corrected chi connectivity index (χ2v) is 6.84. The molecule has 2 heteroatoms. The van der Waals surface area contributed by atoms with Crippen LogP contribution >= 0.6 is 11.6 Å². The molecular formula is C20H31ClO. The van der Waals surface area contributed by atoms with E-state index in [0.717, 1.165) is 17.9 Å². The van der Waals surface area contributed by atoms with Gasteiger partial charge in [0.2, 0.25) is 0 Å². The fraction of sp³-hybridized carbons (Fsp3) is 0.650. The van der Waals surface area contributed by atoms with Gasteiger partial charge in [-0.2, -0.15) is 0 Å². The Labute approximate surface area is 141 Å². The number of Topliss-reactive ketones (excluding diaryl/α,β-unsaturated/α-hetero) is 1. The summed E-state index contributed by atoms with van der Waals surface area (Å²) in [5.74, 6) is 1.00. The quantitative estimate of drug-likeness (QED) is 0.381. The minimum atomic E-state index is 0.324. The molecule has 0 aliphatic heterocycles. The SMILES string of the molecule is CCCC(CCCCCCCCC(C)=O)c1ccc(Cl)cc1. The molecule has 0 amide bonds. The van der Waals surface area contributed by atoms with Gasteiger partial charge in [-0.15, -0.1) is 0 Å². The predicted octanol–water partition coefficient (Wildman–Crippen LogP) is 6.93. The van der Waals surface area contributed by atoms with Crippen molar-refractivity contribution in [2.75, 3.05) is 0 Å². The molecule has 0 bridgehead atoms. The third-order valence-corrected chi connectivity index (χ3v) is 4.56. The Morgan fingerprint density at radius 2 is 1.55 bits per heavy atom. The zero-order valence-corrected chi connectivity index (χ0v) is 15.0. The van der Waals surface area contributed by atoms with Gasteiger partial charge in [-0.3, -0.25) is 0 Å². The Morgan fingerprint density at radius 3 is 2.14 bits per heavy atom. The minimum absolute atomic E-state index is 0.324. The van der Waals surface area contributed by atoms with Crippen molar-refractivity contribution >= 4 is 17.4 Å². The first kappa shape index (κ1) is 19.2. The van der Waals surface area contributed by atoms with E-state index in [1.807, 2.05) is 12.1 Å². The number of unbranched alkanes of at least 4 members (excludes halogenated alkanes) is 5. The lowest BCUT2D eigenvalue weighted by Gasteiger charge is -2.16. The molecule has 1 aromatic rings. The standard InChI is InChI=1S/C20H31ClO/c1-3-10-18(19-13-15-20(21)16-14-19)12-9-7-5-4-6-8-11-17(2)22/h13-16,18H,3-12H2,1-2H3. The van der Waals surface area contributed by atoms with Gasteiger partial charge in [-0.1, -0.05) is 69.2 Å². The highest BCUT2D eigenvalue weighted by atomic mass is 35.5. The van der Waals surface area contributed by atoms with Gasteiger partial charge in [0, 0.05) is 11.4 Å². The largest absolute Gasteiger partial charge is 0.300 e. The lowest BCUT2D eigenvalue weighted by atomic mass is 9.89. The molecule has 0 heterocycles. The minimum Gasteiger partial charge on any atom is -0.300 e. The summed E-state index contributed by atoms with van der Waals surface area (Å²) in [5, 5.41) is 0.824. The second kappa shape index (κ2) is 11.7. The van der Waals surface area contributed by atoms with Crippen molar-refractivity contribution in [3.63, 3.8) is 0 Å². The molecule has 1 aromatic carbocycles. The van der Waals surface area contributed by atoms with Crippen LogP contribution in [0.3, 0.4) is 0 Å². The second-order valence-electron chi connectivity index (χ2n) is 6.40. The van der Waals surface area contributed by atoms with Gasteiger partial charge in [-0.05, 0) is 49.8 Å². The third kappa shape index (κ3) is 8.58. The van der Waals surface area contributed by atoms with Crippen LogP contribution < -0.4 is 0 Å². The molecule has 0 fully saturated rings. The van der Waals surface area contributed by atoms with Crippen LogP contribution in [0.5, 0.6) is 0 Å². The van der Waals surface area contributed by atoms with E-state index in [1.165, 1.54) is 56.9 Å². The van der Waals surface area contributed by atoms with E-state index in [1.54, 1.807) is 6.92 Å². The van der Waals surface area contributed by atoms with Crippen LogP contribution in [-0.4, -0.2) is 5.78 Å². The Balaban J connectivity index is 2.19. The maximum absolute atomic E-state index is 10.9. The van der Waals surface area contributed by atoms with Gasteiger partial charge < -0.3 is 4.79 Å². The van der Waals surface area contributed by atoms with Gasteiger partial charge >= 0.3 is 0 Å². The molecule has 0 saturated carbocycles. The summed E-state index contributed by atoms with van der Waals surface area (Å²) in [5.41, 5.74) is 1.44. The number of ketones is 1. The summed E-state index contributed by atoms with van der Waals surface area (Å²) in [6, 6.07) is 8.39. The highest BCUT2D eigenvalue weighted by molar-refractivity contribution is 6.30. The number of hydrogen-bond acceptors (Lipinski definition) is 1. The van der Waals surface area contributed by atoms with Crippen molar-refractivity contribution in [3.05, 3.63) is 34.9 Å². The van der Waals surface area contributed by atoms with Crippen molar-refractivity contribution in [2.24, 2.45) is 0 Å². The van der Waals surface area contributed by atoms with Crippen molar-refractivity contribution in [2.45, 2.75) is 84.0 Å². The highest BCUT2D eigenvalue weighted by Crippen LogP contribution is 2.28. The molecule has 0 aliphatic rings. The number of halogens is 1. The Kier molecular flexibility index (Phi) is 10.2. The first-order valence-electron chi connectivity index (χ1n) is 8.88. The molecule has 0 aliphatic carbocycles. The van der Waals surface area contributed by atoms with E-state index >= 15 is 0 Å². The zero-order chi connectivity index (χ0) is 16.2. The van der Waals surface area contributed by atoms with Crippen molar-refractivity contribution in [1.29, 1.82) is 0 Å². The summed E-state index contributed by atoms with van der Waals surface area (Å²) < 4.78 is 0. The maximum atomic E-state index is 10.9. The molecule has 1 rings (SSSR count). The summed E-state index contributed by atoms with van der Waals surface area (Å²) in [6.07, 6.45) is 12.0. The van der Waals surface area contributed by atoms with Crippen LogP contribution in [0.4, 0.5) is 0 Å². The van der Waals surface area contributed by atoms with Crippen molar-refractivity contribution in [3.8, 4) is 0 Å². The van der Waals surface area contributed by atoms with E-state index in [0.29, 0.717) is 11.7 Å². The third-order valence-electron chi connectivity index (χ3n) is 4.31. The normalized spacial score (nSPS) is 12.3. The smallest absolute Gasteiger partial charge is 0.129 e. The molecular weight excluding hydrogens is 292 g/mol. The Bertz CT molecular complexity index is 410. The number of benzene rings is 1. The fourth-order valence-corrected chi connectivity index (χ4v) is 3.16. The van der Waals surface area contributed by atoms with Gasteiger partial charge in [0.1, 0.15) is 5.78 Å². The van der Waals surface area contributed by atoms with E-state index in [9.17, 15) is 4.79 Å². The van der Waals surface area contributed by atoms with Crippen LogP contribution in [0, 0.1) is 0 Å². The molecule has 0 aromatic heterocycles. The number of carbonyl (C=O) groups is 1. The van der Waals surface area contributed by atoms with E-state index in [2.05, 4.69) is 19.1 Å². The van der Waals surface area contributed by atoms with Crippen LogP contribution in [-0.2, 0) is 4.79 Å². The van der Waals surface area contributed by atoms with Gasteiger partial charge in [-0.25, -0.2) is 0 Å². The summed E-state index contributed by atoms with van der Waals surface area (Å²) in [7, 11) is 0. The van der Waals surface area contributed by atoms with Crippen LogP contribution in [0.1, 0.15) is 89.5 Å². The summed E-state index contributed by atoms with van der Waals surface area (Å²) >= 11 is 5.98. The molecule has 1 atom stereocenters. The van der Waals surface area contributed by atoms with E-state index in [-0.39, 0.29) is 0 Å². The van der Waals surface area contributed by atoms with Crippen LogP contribution in [0.25, 0.3) is 0 Å². The average Bonchev–Trinajstić information content (AvgIpc) is 2.49. The van der Waals surface area contributed by atoms with Gasteiger partial charge in [0.25, 0.3) is 0 Å². The monoisotopic (exact) mass is 322 g/mol. The maximum Gasteiger partial charge on any atom is 0.129 e. The molecule has 0 saturated heterocycles. The Hall–Kier alpha value is -0.820. The fourth-order valence-electron chi connectivity index (χ4n) is 3.03. The number of hydrogen-bond donors (Lipinski definition) is 0. The predicted molar refractivity (Wildman–Crippen MR) is 96.7 cm³/mol. The molecule has 1 nitrogen and oxygen atoms in total. The average molecular weight is 323 g/mol. The van der Waals surface area contributed by atoms with E-state index < -0.39 is 0 Å². The van der Waals surface area contributed by atoms with Gasteiger partial charge in [0.05, 0.1) is 0 Å². The molecule has 22 heavy (non-hydrogen) atoms. The van der Waals surface area contributed by atoms with Gasteiger partial charge in [0.15, 0.2) is 0 Å². The molecule has 124 valence electrons. The topological polar surface area (TPSA) is 17.1 Å².